The van der Waals surface area contributed by atoms with Gasteiger partial charge in [-0.15, -0.1) is 11.8 Å². The number of rotatable bonds is 9. The van der Waals surface area contributed by atoms with Crippen LogP contribution < -0.4 is 14.8 Å². The Bertz CT molecular complexity index is 819. The van der Waals surface area contributed by atoms with Crippen LogP contribution in [0, 0.1) is 6.92 Å². The maximum absolute atomic E-state index is 12.1. The third kappa shape index (κ3) is 6.36. The summed E-state index contributed by atoms with van der Waals surface area (Å²) in [5.41, 5.74) is 1.20. The molecule has 2 aromatic carbocycles. The quantitative estimate of drug-likeness (QED) is 0.503. The van der Waals surface area contributed by atoms with Gasteiger partial charge in [0.15, 0.2) is 0 Å². The second-order valence-corrected chi connectivity index (χ2v) is 8.45. The number of amides is 1. The number of nitrogens with one attached hydrogen (secondary N) is 2. The summed E-state index contributed by atoms with van der Waals surface area (Å²) in [6, 6.07) is 14.1. The highest BCUT2D eigenvalue weighted by molar-refractivity contribution is 7.99. The Hall–Kier alpha value is -2.03. The van der Waals surface area contributed by atoms with E-state index in [1.165, 1.54) is 24.8 Å². The number of thioether (sulfide) groups is 1. The molecule has 140 valence electrons. The molecule has 8 heteroatoms. The van der Waals surface area contributed by atoms with Crippen molar-refractivity contribution in [1.29, 1.82) is 0 Å². The number of sulfonamides is 1. The predicted molar refractivity (Wildman–Crippen MR) is 103 cm³/mol. The monoisotopic (exact) mass is 394 g/mol. The maximum atomic E-state index is 12.1. The summed E-state index contributed by atoms with van der Waals surface area (Å²) in [5.74, 6) is 0.902. The van der Waals surface area contributed by atoms with Gasteiger partial charge >= 0.3 is 0 Å². The van der Waals surface area contributed by atoms with Gasteiger partial charge in [-0.3, -0.25) is 4.79 Å². The lowest BCUT2D eigenvalue weighted by Gasteiger charge is -2.08. The van der Waals surface area contributed by atoms with Crippen molar-refractivity contribution in [1.82, 2.24) is 10.0 Å². The molecule has 0 radical (unpaired) electrons. The molecule has 0 heterocycles. The van der Waals surface area contributed by atoms with Crippen LogP contribution in [0.3, 0.4) is 0 Å². The molecule has 2 N–H and O–H groups in total. The number of benzene rings is 2. The second-order valence-electron chi connectivity index (χ2n) is 5.51. The Balaban J connectivity index is 1.72. The van der Waals surface area contributed by atoms with Crippen LogP contribution in [0.5, 0.6) is 5.75 Å². The molecule has 6 nitrogen and oxygen atoms in total. The van der Waals surface area contributed by atoms with E-state index >= 15 is 0 Å². The fraction of sp³-hybridized carbons (Fsp3) is 0.278. The minimum Gasteiger partial charge on any atom is -0.497 e. The van der Waals surface area contributed by atoms with Crippen LogP contribution in [0.25, 0.3) is 0 Å². The molecular weight excluding hydrogens is 372 g/mol. The molecule has 0 aliphatic heterocycles. The van der Waals surface area contributed by atoms with Crippen LogP contribution in [0.2, 0.25) is 0 Å². The second kappa shape index (κ2) is 9.61. The number of methoxy groups -OCH3 is 1. The summed E-state index contributed by atoms with van der Waals surface area (Å²) >= 11 is 1.63. The van der Waals surface area contributed by atoms with E-state index in [9.17, 15) is 13.2 Å². The van der Waals surface area contributed by atoms with Gasteiger partial charge in [0.1, 0.15) is 5.75 Å². The Kier molecular flexibility index (Phi) is 7.50. The highest BCUT2D eigenvalue weighted by Gasteiger charge is 2.15. The zero-order valence-corrected chi connectivity index (χ0v) is 16.3. The van der Waals surface area contributed by atoms with Crippen LogP contribution in [0.1, 0.15) is 5.56 Å². The minimum atomic E-state index is -3.73. The van der Waals surface area contributed by atoms with Gasteiger partial charge in [-0.25, -0.2) is 13.1 Å². The maximum Gasteiger partial charge on any atom is 0.241 e. The highest BCUT2D eigenvalue weighted by Crippen LogP contribution is 2.17. The summed E-state index contributed by atoms with van der Waals surface area (Å²) < 4.78 is 31.6. The van der Waals surface area contributed by atoms with E-state index in [0.717, 1.165) is 4.90 Å². The predicted octanol–water partition coefficient (Wildman–Crippen LogP) is 2.19. The van der Waals surface area contributed by atoms with Crippen LogP contribution >= 0.6 is 11.8 Å². The topological polar surface area (TPSA) is 84.5 Å². The fourth-order valence-electron chi connectivity index (χ4n) is 2.06. The van der Waals surface area contributed by atoms with Crippen molar-refractivity contribution in [2.75, 3.05) is 26.0 Å². The number of hydrogen-bond acceptors (Lipinski definition) is 5. The van der Waals surface area contributed by atoms with Gasteiger partial charge < -0.3 is 10.1 Å². The largest absolute Gasteiger partial charge is 0.497 e. The number of ether oxygens (including phenoxy) is 1. The van der Waals surface area contributed by atoms with Crippen LogP contribution in [-0.2, 0) is 14.8 Å². The van der Waals surface area contributed by atoms with E-state index in [-0.39, 0.29) is 17.3 Å². The van der Waals surface area contributed by atoms with Crippen molar-refractivity contribution in [3.05, 3.63) is 54.1 Å². The summed E-state index contributed by atoms with van der Waals surface area (Å²) in [5, 5.41) is 2.70. The first-order valence-corrected chi connectivity index (χ1v) is 10.5. The molecular formula is C18H22N2O4S2. The fourth-order valence-corrected chi connectivity index (χ4v) is 3.81. The molecule has 0 fully saturated rings. The van der Waals surface area contributed by atoms with Crippen LogP contribution in [0.15, 0.2) is 58.3 Å². The molecule has 0 saturated heterocycles. The van der Waals surface area contributed by atoms with Gasteiger partial charge in [0.2, 0.25) is 15.9 Å². The van der Waals surface area contributed by atoms with Gasteiger partial charge in [-0.2, -0.15) is 0 Å². The Morgan fingerprint density at radius 2 is 1.73 bits per heavy atom. The molecule has 2 aromatic rings. The van der Waals surface area contributed by atoms with Gasteiger partial charge in [0.25, 0.3) is 0 Å². The van der Waals surface area contributed by atoms with E-state index < -0.39 is 10.0 Å². The molecule has 26 heavy (non-hydrogen) atoms. The first kappa shape index (κ1) is 20.3. The SMILES string of the molecule is COc1ccc(S(=O)(=O)NCC(=O)NCCSc2ccc(C)cc2)cc1. The summed E-state index contributed by atoms with van der Waals surface area (Å²) in [4.78, 5) is 13.0. The molecule has 1 amide bonds. The number of carbonyl (C=O) groups excluding carboxylic acids is 1. The van der Waals surface area contributed by atoms with Gasteiger partial charge in [-0.05, 0) is 43.3 Å². The minimum absolute atomic E-state index is 0.0843. The standard InChI is InChI=1S/C18H22N2O4S2/c1-14-3-7-16(8-4-14)25-12-11-19-18(21)13-20-26(22,23)17-9-5-15(24-2)6-10-17/h3-10,20H,11-13H2,1-2H3,(H,19,21). The molecule has 0 saturated carbocycles. The molecule has 0 unspecified atom stereocenters. The highest BCUT2D eigenvalue weighted by atomic mass is 32.2. The average molecular weight is 395 g/mol. The van der Waals surface area contributed by atoms with Gasteiger partial charge in [0, 0.05) is 17.2 Å². The summed E-state index contributed by atoms with van der Waals surface area (Å²) in [6.45, 7) is 2.19. The molecule has 2 rings (SSSR count). The molecule has 0 aromatic heterocycles. The first-order chi connectivity index (χ1) is 12.4. The lowest BCUT2D eigenvalue weighted by atomic mass is 10.2. The van der Waals surface area contributed by atoms with E-state index in [2.05, 4.69) is 10.0 Å². The van der Waals surface area contributed by atoms with Crippen molar-refractivity contribution in [3.63, 3.8) is 0 Å². The first-order valence-electron chi connectivity index (χ1n) is 8.00. The Morgan fingerprint density at radius 1 is 1.08 bits per heavy atom. The molecule has 0 bridgehead atoms. The van der Waals surface area contributed by atoms with Crippen molar-refractivity contribution in [2.45, 2.75) is 16.7 Å². The van der Waals surface area contributed by atoms with Crippen molar-refractivity contribution in [2.24, 2.45) is 0 Å². The lowest BCUT2D eigenvalue weighted by molar-refractivity contribution is -0.119. The van der Waals surface area contributed by atoms with Crippen LogP contribution in [-0.4, -0.2) is 40.3 Å². The zero-order chi connectivity index (χ0) is 19.0. The van der Waals surface area contributed by atoms with Gasteiger partial charge in [0.05, 0.1) is 18.6 Å². The average Bonchev–Trinajstić information content (AvgIpc) is 2.65. The third-order valence-electron chi connectivity index (χ3n) is 3.51. The van der Waals surface area contributed by atoms with Crippen molar-refractivity contribution in [3.8, 4) is 5.75 Å². The lowest BCUT2D eigenvalue weighted by Crippen LogP contribution is -2.37. The van der Waals surface area contributed by atoms with Crippen LogP contribution in [0.4, 0.5) is 0 Å². The van der Waals surface area contributed by atoms with E-state index in [0.29, 0.717) is 18.0 Å². The Labute approximate surface area is 158 Å². The van der Waals surface area contributed by atoms with Gasteiger partial charge in [-0.1, -0.05) is 17.7 Å². The number of hydrogen-bond donors (Lipinski definition) is 2. The zero-order valence-electron chi connectivity index (χ0n) is 14.7. The number of carbonyl (C=O) groups is 1. The van der Waals surface area contributed by atoms with Crippen molar-refractivity contribution < 1.29 is 17.9 Å². The smallest absolute Gasteiger partial charge is 0.241 e. The van der Waals surface area contributed by atoms with E-state index in [1.54, 1.807) is 23.9 Å². The van der Waals surface area contributed by atoms with E-state index in [4.69, 9.17) is 4.74 Å². The third-order valence-corrected chi connectivity index (χ3v) is 5.94. The van der Waals surface area contributed by atoms with Crippen molar-refractivity contribution >= 4 is 27.7 Å². The summed E-state index contributed by atoms with van der Waals surface area (Å²) in [7, 11) is -2.23. The molecule has 0 spiro atoms. The molecule has 0 aliphatic carbocycles. The molecule has 0 atom stereocenters. The molecule has 0 aliphatic rings. The van der Waals surface area contributed by atoms with E-state index in [1.807, 2.05) is 31.2 Å². The summed E-state index contributed by atoms with van der Waals surface area (Å²) in [6.07, 6.45) is 0. The Morgan fingerprint density at radius 3 is 2.35 bits per heavy atom. The normalized spacial score (nSPS) is 11.2. The number of aryl methyl sites for hydroxylation is 1.